The molecule has 6 heteroatoms. The highest BCUT2D eigenvalue weighted by Crippen LogP contribution is 2.19. The number of para-hydroxylation sites is 1. The van der Waals surface area contributed by atoms with Gasteiger partial charge in [0.25, 0.3) is 5.56 Å². The van der Waals surface area contributed by atoms with Crippen LogP contribution in [0.3, 0.4) is 0 Å². The second-order valence-electron chi connectivity index (χ2n) is 7.38. The number of thiocarbonyl (C=S) groups is 1. The lowest BCUT2D eigenvalue weighted by Gasteiger charge is -2.25. The number of nitrogens with zero attached hydrogens (tertiary/aromatic N) is 1. The fraction of sp³-hybridized carbons (Fsp3) is 0.167. The minimum Gasteiger partial charge on any atom is -0.467 e. The number of anilines is 1. The van der Waals surface area contributed by atoms with Gasteiger partial charge in [0, 0.05) is 16.8 Å². The number of rotatable bonds is 5. The molecular weight excluding hydrogens is 394 g/mol. The van der Waals surface area contributed by atoms with Crippen molar-refractivity contribution >= 4 is 33.9 Å². The van der Waals surface area contributed by atoms with Gasteiger partial charge in [-0.05, 0) is 85.0 Å². The summed E-state index contributed by atoms with van der Waals surface area (Å²) in [7, 11) is 0. The third kappa shape index (κ3) is 4.44. The third-order valence-corrected chi connectivity index (χ3v) is 5.50. The van der Waals surface area contributed by atoms with Crippen LogP contribution in [0.25, 0.3) is 10.9 Å². The van der Waals surface area contributed by atoms with Crippen LogP contribution < -0.4 is 10.9 Å². The van der Waals surface area contributed by atoms with Crippen molar-refractivity contribution in [2.75, 3.05) is 5.32 Å². The van der Waals surface area contributed by atoms with Crippen LogP contribution in [0.2, 0.25) is 0 Å². The van der Waals surface area contributed by atoms with E-state index in [-0.39, 0.29) is 5.56 Å². The number of aromatic nitrogens is 1. The lowest BCUT2D eigenvalue weighted by atomic mass is 10.0. The maximum atomic E-state index is 12.8. The van der Waals surface area contributed by atoms with Crippen LogP contribution in [0.1, 0.15) is 22.5 Å². The Morgan fingerprint density at radius 1 is 1.03 bits per heavy atom. The first-order valence-corrected chi connectivity index (χ1v) is 10.2. The number of H-pyrrole nitrogens is 1. The van der Waals surface area contributed by atoms with E-state index in [9.17, 15) is 4.79 Å². The SMILES string of the molecule is Cc1cc2cc(CN(Cc3ccco3)C(=S)Nc3ccccc3)c(=O)[nH]c2cc1C. The molecule has 0 atom stereocenters. The minimum absolute atomic E-state index is 0.113. The quantitative estimate of drug-likeness (QED) is 0.441. The van der Waals surface area contributed by atoms with E-state index in [2.05, 4.69) is 23.3 Å². The summed E-state index contributed by atoms with van der Waals surface area (Å²) in [6.45, 7) is 4.93. The molecule has 0 unspecified atom stereocenters. The van der Waals surface area contributed by atoms with Gasteiger partial charge < -0.3 is 19.6 Å². The van der Waals surface area contributed by atoms with Crippen LogP contribution in [0.15, 0.2) is 76.1 Å². The van der Waals surface area contributed by atoms with E-state index in [0.717, 1.165) is 27.9 Å². The molecule has 4 rings (SSSR count). The number of benzene rings is 2. The fourth-order valence-electron chi connectivity index (χ4n) is 3.36. The van der Waals surface area contributed by atoms with E-state index in [1.165, 1.54) is 5.56 Å². The first-order valence-electron chi connectivity index (χ1n) is 9.76. The van der Waals surface area contributed by atoms with Gasteiger partial charge in [0.2, 0.25) is 0 Å². The number of nitrogens with one attached hydrogen (secondary N) is 2. The average Bonchev–Trinajstić information content (AvgIpc) is 3.23. The van der Waals surface area contributed by atoms with Crippen LogP contribution in [0, 0.1) is 13.8 Å². The molecule has 5 nitrogen and oxygen atoms in total. The van der Waals surface area contributed by atoms with E-state index in [1.54, 1.807) is 6.26 Å². The molecule has 0 saturated heterocycles. The second-order valence-corrected chi connectivity index (χ2v) is 7.77. The number of aryl methyl sites for hydroxylation is 2. The molecule has 0 bridgehead atoms. The standard InChI is InChI=1S/C24H23N3O2S/c1-16-11-18-13-19(23(28)26-22(18)12-17(16)2)14-27(15-21-9-6-10-29-21)24(30)25-20-7-4-3-5-8-20/h3-13H,14-15H2,1-2H3,(H,25,30)(H,26,28). The zero-order valence-electron chi connectivity index (χ0n) is 16.9. The maximum Gasteiger partial charge on any atom is 0.253 e. The van der Waals surface area contributed by atoms with Gasteiger partial charge in [-0.15, -0.1) is 0 Å². The highest BCUT2D eigenvalue weighted by atomic mass is 32.1. The van der Waals surface area contributed by atoms with Crippen molar-refractivity contribution in [3.63, 3.8) is 0 Å². The third-order valence-electron chi connectivity index (χ3n) is 5.14. The van der Waals surface area contributed by atoms with Gasteiger partial charge in [-0.3, -0.25) is 4.79 Å². The Labute approximate surface area is 180 Å². The Balaban J connectivity index is 1.65. The van der Waals surface area contributed by atoms with Crippen molar-refractivity contribution in [2.24, 2.45) is 0 Å². The van der Waals surface area contributed by atoms with Crippen LogP contribution in [-0.2, 0) is 13.1 Å². The lowest BCUT2D eigenvalue weighted by molar-refractivity contribution is 0.359. The molecule has 30 heavy (non-hydrogen) atoms. The Bertz CT molecular complexity index is 1230. The van der Waals surface area contributed by atoms with E-state index in [4.69, 9.17) is 16.6 Å². The number of fused-ring (bicyclic) bond motifs is 1. The zero-order valence-corrected chi connectivity index (χ0v) is 17.8. The topological polar surface area (TPSA) is 61.3 Å². The van der Waals surface area contributed by atoms with E-state index >= 15 is 0 Å². The zero-order chi connectivity index (χ0) is 21.1. The summed E-state index contributed by atoms with van der Waals surface area (Å²) in [5, 5.41) is 4.78. The molecule has 2 aromatic carbocycles. The number of pyridine rings is 1. The molecule has 0 spiro atoms. The molecule has 2 heterocycles. The summed E-state index contributed by atoms with van der Waals surface area (Å²) >= 11 is 5.67. The highest BCUT2D eigenvalue weighted by molar-refractivity contribution is 7.80. The maximum absolute atomic E-state index is 12.8. The normalized spacial score (nSPS) is 10.9. The number of furan rings is 1. The predicted octanol–water partition coefficient (Wildman–Crippen LogP) is 5.14. The number of aromatic amines is 1. The minimum atomic E-state index is -0.113. The molecule has 0 aliphatic rings. The monoisotopic (exact) mass is 417 g/mol. The van der Waals surface area contributed by atoms with E-state index in [1.807, 2.05) is 66.4 Å². The van der Waals surface area contributed by atoms with Crippen molar-refractivity contribution in [2.45, 2.75) is 26.9 Å². The van der Waals surface area contributed by atoms with Gasteiger partial charge >= 0.3 is 0 Å². The van der Waals surface area contributed by atoms with Gasteiger partial charge in [-0.2, -0.15) is 0 Å². The molecule has 0 saturated carbocycles. The van der Waals surface area contributed by atoms with Gasteiger partial charge in [0.1, 0.15) is 5.76 Å². The molecule has 0 amide bonds. The molecular formula is C24H23N3O2S. The van der Waals surface area contributed by atoms with Gasteiger partial charge in [0.05, 0.1) is 19.4 Å². The first kappa shape index (κ1) is 19.9. The molecule has 0 aliphatic heterocycles. The van der Waals surface area contributed by atoms with Crippen molar-refractivity contribution in [1.29, 1.82) is 0 Å². The van der Waals surface area contributed by atoms with E-state index in [0.29, 0.717) is 23.8 Å². The van der Waals surface area contributed by atoms with Crippen molar-refractivity contribution in [3.05, 3.63) is 99.7 Å². The smallest absolute Gasteiger partial charge is 0.253 e. The highest BCUT2D eigenvalue weighted by Gasteiger charge is 2.16. The fourth-order valence-corrected chi connectivity index (χ4v) is 3.61. The van der Waals surface area contributed by atoms with Gasteiger partial charge in [-0.1, -0.05) is 18.2 Å². The summed E-state index contributed by atoms with van der Waals surface area (Å²) in [4.78, 5) is 17.7. The Hall–Kier alpha value is -3.38. The summed E-state index contributed by atoms with van der Waals surface area (Å²) in [6, 6.07) is 19.5. The van der Waals surface area contributed by atoms with Gasteiger partial charge in [0.15, 0.2) is 5.11 Å². The molecule has 2 aromatic heterocycles. The Morgan fingerprint density at radius 2 is 1.80 bits per heavy atom. The lowest BCUT2D eigenvalue weighted by Crippen LogP contribution is -2.35. The molecule has 2 N–H and O–H groups in total. The number of hydrogen-bond donors (Lipinski definition) is 2. The predicted molar refractivity (Wildman–Crippen MR) is 125 cm³/mol. The van der Waals surface area contributed by atoms with Crippen LogP contribution in [0.4, 0.5) is 5.69 Å². The molecule has 0 radical (unpaired) electrons. The van der Waals surface area contributed by atoms with Gasteiger partial charge in [-0.25, -0.2) is 0 Å². The summed E-state index contributed by atoms with van der Waals surface area (Å²) in [6.07, 6.45) is 1.63. The summed E-state index contributed by atoms with van der Waals surface area (Å²) in [5.74, 6) is 0.774. The van der Waals surface area contributed by atoms with Crippen LogP contribution in [0.5, 0.6) is 0 Å². The Morgan fingerprint density at radius 3 is 2.53 bits per heavy atom. The molecule has 0 fully saturated rings. The van der Waals surface area contributed by atoms with E-state index < -0.39 is 0 Å². The Kier molecular flexibility index (Phi) is 5.68. The first-order chi connectivity index (χ1) is 14.5. The molecule has 152 valence electrons. The molecule has 4 aromatic rings. The summed E-state index contributed by atoms with van der Waals surface area (Å²) < 4.78 is 5.52. The van der Waals surface area contributed by atoms with Crippen LogP contribution >= 0.6 is 12.2 Å². The largest absolute Gasteiger partial charge is 0.467 e. The number of hydrogen-bond acceptors (Lipinski definition) is 3. The second kappa shape index (κ2) is 8.55. The molecule has 0 aliphatic carbocycles. The van der Waals surface area contributed by atoms with Crippen LogP contribution in [-0.4, -0.2) is 15.0 Å². The van der Waals surface area contributed by atoms with Crippen molar-refractivity contribution in [1.82, 2.24) is 9.88 Å². The van der Waals surface area contributed by atoms with Crippen molar-refractivity contribution in [3.8, 4) is 0 Å². The average molecular weight is 418 g/mol. The van der Waals surface area contributed by atoms with Crippen molar-refractivity contribution < 1.29 is 4.42 Å². The summed E-state index contributed by atoms with van der Waals surface area (Å²) in [5.41, 5.74) is 4.61.